The fourth-order valence-corrected chi connectivity index (χ4v) is 4.62. The molecule has 25 heavy (non-hydrogen) atoms. The van der Waals surface area contributed by atoms with Crippen molar-refractivity contribution in [1.82, 2.24) is 5.32 Å². The van der Waals surface area contributed by atoms with Gasteiger partial charge in [-0.05, 0) is 23.6 Å². The van der Waals surface area contributed by atoms with Gasteiger partial charge < -0.3 is 5.32 Å². The lowest BCUT2D eigenvalue weighted by Gasteiger charge is -2.19. The zero-order valence-corrected chi connectivity index (χ0v) is 15.9. The molecule has 0 saturated heterocycles. The first-order valence-electron chi connectivity index (χ1n) is 8.52. The van der Waals surface area contributed by atoms with Crippen molar-refractivity contribution in [1.29, 1.82) is 0 Å². The Hall–Kier alpha value is -1.72. The number of aliphatic imine (C=N–C) groups is 1. The molecular formula is C20H22N2OS2. The summed E-state index contributed by atoms with van der Waals surface area (Å²) in [6, 6.07) is 18.4. The number of hydrogen-bond acceptors (Lipinski definition) is 4. The van der Waals surface area contributed by atoms with Gasteiger partial charge in [-0.3, -0.25) is 4.79 Å². The summed E-state index contributed by atoms with van der Waals surface area (Å²) in [5, 5.41) is 3.17. The second kappa shape index (κ2) is 9.11. The summed E-state index contributed by atoms with van der Waals surface area (Å²) in [7, 11) is 0. The van der Waals surface area contributed by atoms with Crippen molar-refractivity contribution in [3.05, 3.63) is 65.7 Å². The molecule has 0 spiro atoms. The summed E-state index contributed by atoms with van der Waals surface area (Å²) in [6.07, 6.45) is 1.98. The zero-order valence-electron chi connectivity index (χ0n) is 14.3. The molecule has 0 saturated carbocycles. The molecule has 2 aromatic carbocycles. The van der Waals surface area contributed by atoms with Gasteiger partial charge in [0.25, 0.3) is 0 Å². The van der Waals surface area contributed by atoms with Gasteiger partial charge in [0.2, 0.25) is 5.91 Å². The first-order valence-corrected chi connectivity index (χ1v) is 10.5. The second-order valence-corrected chi connectivity index (χ2v) is 8.09. The lowest BCUT2D eigenvalue weighted by Crippen LogP contribution is -2.30. The van der Waals surface area contributed by atoms with Crippen molar-refractivity contribution in [2.45, 2.75) is 31.6 Å². The van der Waals surface area contributed by atoms with Crippen LogP contribution in [0.1, 0.15) is 36.9 Å². The van der Waals surface area contributed by atoms with Gasteiger partial charge in [-0.15, -0.1) is 0 Å². The van der Waals surface area contributed by atoms with E-state index in [1.54, 1.807) is 11.8 Å². The Balaban J connectivity index is 1.56. The number of carbonyl (C=O) groups excluding carboxylic acids is 1. The molecule has 3 nitrogen and oxygen atoms in total. The number of nitrogens with one attached hydrogen (secondary N) is 1. The van der Waals surface area contributed by atoms with Crippen molar-refractivity contribution in [3.8, 4) is 0 Å². The van der Waals surface area contributed by atoms with Crippen LogP contribution >= 0.6 is 23.5 Å². The molecule has 1 N–H and O–H groups in total. The van der Waals surface area contributed by atoms with E-state index in [0.29, 0.717) is 5.75 Å². The highest BCUT2D eigenvalue weighted by molar-refractivity contribution is 8.38. The fraction of sp³-hybridized carbons (Fsp3) is 0.300. The molecule has 130 valence electrons. The summed E-state index contributed by atoms with van der Waals surface area (Å²) in [5.74, 6) is 1.39. The van der Waals surface area contributed by atoms with Gasteiger partial charge in [0.15, 0.2) is 0 Å². The Bertz CT molecular complexity index is 746. The van der Waals surface area contributed by atoms with Gasteiger partial charge in [-0.1, -0.05) is 85.4 Å². The van der Waals surface area contributed by atoms with Crippen LogP contribution in [-0.2, 0) is 10.5 Å². The summed E-state index contributed by atoms with van der Waals surface area (Å²) >= 11 is 3.23. The molecule has 3 rings (SSSR count). The van der Waals surface area contributed by atoms with E-state index >= 15 is 0 Å². The minimum absolute atomic E-state index is 0.0643. The minimum atomic E-state index is 0.0643. The summed E-state index contributed by atoms with van der Waals surface area (Å²) in [6.45, 7) is 2.14. The maximum Gasteiger partial charge on any atom is 0.230 e. The van der Waals surface area contributed by atoms with Crippen LogP contribution in [0.15, 0.2) is 59.6 Å². The number of fused-ring (bicyclic) bond motifs is 1. The average Bonchev–Trinajstić information content (AvgIpc) is 2.66. The third-order valence-corrected chi connectivity index (χ3v) is 6.24. The molecule has 5 heteroatoms. The Morgan fingerprint density at radius 1 is 1.20 bits per heavy atom. The predicted octanol–water partition coefficient (Wildman–Crippen LogP) is 5.31. The molecule has 1 atom stereocenters. The van der Waals surface area contributed by atoms with Crippen molar-refractivity contribution >= 4 is 39.5 Å². The average molecular weight is 371 g/mol. The van der Waals surface area contributed by atoms with Gasteiger partial charge in [0, 0.05) is 5.75 Å². The normalized spacial score (nSPS) is 14.4. The van der Waals surface area contributed by atoms with Crippen LogP contribution in [0.25, 0.3) is 0 Å². The highest BCUT2D eigenvalue weighted by Gasteiger charge is 2.16. The van der Waals surface area contributed by atoms with E-state index in [1.807, 2.05) is 36.4 Å². The van der Waals surface area contributed by atoms with Crippen LogP contribution in [0.4, 0.5) is 5.69 Å². The number of rotatable bonds is 6. The van der Waals surface area contributed by atoms with Crippen molar-refractivity contribution in [2.75, 3.05) is 5.75 Å². The van der Waals surface area contributed by atoms with Crippen LogP contribution in [0, 0.1) is 0 Å². The van der Waals surface area contributed by atoms with E-state index in [-0.39, 0.29) is 11.9 Å². The first kappa shape index (κ1) is 18.1. The van der Waals surface area contributed by atoms with Crippen molar-refractivity contribution < 1.29 is 4.79 Å². The standard InChI is InChI=1S/C20H22N2OS2/c1-2-8-17(15-9-4-3-5-10-15)21-19(23)14-25-20-22-18-12-7-6-11-16(18)13-24-20/h3-7,9-12,17H,2,8,13-14H2,1H3,(H,21,23)/t17-/m1/s1. The quantitative estimate of drug-likeness (QED) is 0.749. The molecule has 0 fully saturated rings. The lowest BCUT2D eigenvalue weighted by molar-refractivity contribution is -0.119. The number of para-hydroxylation sites is 1. The first-order chi connectivity index (χ1) is 12.3. The smallest absolute Gasteiger partial charge is 0.230 e. The minimum Gasteiger partial charge on any atom is -0.349 e. The Morgan fingerprint density at radius 2 is 1.96 bits per heavy atom. The van der Waals surface area contributed by atoms with E-state index in [0.717, 1.165) is 28.7 Å². The summed E-state index contributed by atoms with van der Waals surface area (Å²) < 4.78 is 0.973. The molecule has 1 amide bonds. The maximum atomic E-state index is 12.4. The Morgan fingerprint density at radius 3 is 2.76 bits per heavy atom. The largest absolute Gasteiger partial charge is 0.349 e. The van der Waals surface area contributed by atoms with Crippen LogP contribution < -0.4 is 5.32 Å². The third-order valence-electron chi connectivity index (χ3n) is 4.00. The van der Waals surface area contributed by atoms with Gasteiger partial charge in [0.1, 0.15) is 4.38 Å². The van der Waals surface area contributed by atoms with Gasteiger partial charge in [-0.2, -0.15) is 0 Å². The SMILES string of the molecule is CCC[C@@H](NC(=O)CSC1=Nc2ccccc2CS1)c1ccccc1. The Labute approximate surface area is 157 Å². The van der Waals surface area contributed by atoms with Gasteiger partial charge >= 0.3 is 0 Å². The monoisotopic (exact) mass is 370 g/mol. The number of hydrogen-bond donors (Lipinski definition) is 1. The predicted molar refractivity (Wildman–Crippen MR) is 110 cm³/mol. The summed E-state index contributed by atoms with van der Waals surface area (Å²) in [4.78, 5) is 17.0. The zero-order chi connectivity index (χ0) is 17.5. The van der Waals surface area contributed by atoms with Gasteiger partial charge in [0.05, 0.1) is 17.5 Å². The number of thioether (sulfide) groups is 2. The number of nitrogens with zero attached hydrogens (tertiary/aromatic N) is 1. The van der Waals surface area contributed by atoms with Gasteiger partial charge in [-0.25, -0.2) is 4.99 Å². The fourth-order valence-electron chi connectivity index (χ4n) is 2.75. The van der Waals surface area contributed by atoms with Crippen molar-refractivity contribution in [3.63, 3.8) is 0 Å². The molecule has 0 unspecified atom stereocenters. The molecule has 0 aromatic heterocycles. The van der Waals surface area contributed by atoms with Crippen LogP contribution in [0.3, 0.4) is 0 Å². The highest BCUT2D eigenvalue weighted by atomic mass is 32.2. The van der Waals surface area contributed by atoms with E-state index in [4.69, 9.17) is 0 Å². The third kappa shape index (κ3) is 5.13. The van der Waals surface area contributed by atoms with E-state index in [2.05, 4.69) is 35.4 Å². The lowest BCUT2D eigenvalue weighted by atomic mass is 10.0. The number of benzene rings is 2. The molecular weight excluding hydrogens is 348 g/mol. The highest BCUT2D eigenvalue weighted by Crippen LogP contribution is 2.34. The van der Waals surface area contributed by atoms with Crippen LogP contribution in [0.2, 0.25) is 0 Å². The molecule has 1 aliphatic heterocycles. The van der Waals surface area contributed by atoms with Crippen molar-refractivity contribution in [2.24, 2.45) is 4.99 Å². The topological polar surface area (TPSA) is 41.5 Å². The van der Waals surface area contributed by atoms with E-state index in [9.17, 15) is 4.79 Å². The second-order valence-electron chi connectivity index (χ2n) is 5.90. The molecule has 0 bridgehead atoms. The molecule has 1 heterocycles. The number of amides is 1. The van der Waals surface area contributed by atoms with Crippen LogP contribution in [0.5, 0.6) is 0 Å². The molecule has 0 radical (unpaired) electrons. The van der Waals surface area contributed by atoms with Crippen LogP contribution in [-0.4, -0.2) is 16.0 Å². The number of carbonyl (C=O) groups is 1. The Kier molecular flexibility index (Phi) is 6.59. The molecule has 1 aliphatic rings. The summed E-state index contributed by atoms with van der Waals surface area (Å²) in [5.41, 5.74) is 3.45. The van der Waals surface area contributed by atoms with E-state index in [1.165, 1.54) is 22.9 Å². The van der Waals surface area contributed by atoms with E-state index < -0.39 is 0 Å². The molecule has 0 aliphatic carbocycles. The molecule has 2 aromatic rings. The maximum absolute atomic E-state index is 12.4.